The number of hydrogen-bond acceptors (Lipinski definition) is 6. The number of imidazole rings is 1. The zero-order valence-electron chi connectivity index (χ0n) is 19.5. The van der Waals surface area contributed by atoms with Crippen LogP contribution < -0.4 is 16.4 Å². The third kappa shape index (κ3) is 4.63. The van der Waals surface area contributed by atoms with E-state index in [1.165, 1.54) is 12.8 Å². The Morgan fingerprint density at radius 1 is 1.14 bits per heavy atom. The summed E-state index contributed by atoms with van der Waals surface area (Å²) in [4.78, 5) is 25.7. The van der Waals surface area contributed by atoms with E-state index in [9.17, 15) is 13.6 Å². The predicted octanol–water partition coefficient (Wildman–Crippen LogP) is 5.46. The Bertz CT molecular complexity index is 1240. The normalized spacial score (nSPS) is 23.0. The molecule has 2 heterocycles. The first-order chi connectivity index (χ1) is 16.7. The number of nitrogens with two attached hydrogens (primary N) is 1. The lowest BCUT2D eigenvalue weighted by Gasteiger charge is -2.35. The SMILES string of the molecule is C[C@]1(C(N)=O)CC[C@H](n2c(Nc3c(F)cc(Cl)cc3F)nc3cnc(NC4CCCC4)nc32)CC1. The lowest BCUT2D eigenvalue weighted by molar-refractivity contribution is -0.128. The van der Waals surface area contributed by atoms with E-state index in [0.29, 0.717) is 48.8 Å². The van der Waals surface area contributed by atoms with Crippen molar-refractivity contribution < 1.29 is 13.6 Å². The molecule has 0 atom stereocenters. The van der Waals surface area contributed by atoms with Gasteiger partial charge in [-0.2, -0.15) is 4.98 Å². The highest BCUT2D eigenvalue weighted by atomic mass is 35.5. The van der Waals surface area contributed by atoms with E-state index in [1.54, 1.807) is 6.20 Å². The molecule has 0 bridgehead atoms. The molecule has 2 aromatic heterocycles. The van der Waals surface area contributed by atoms with Gasteiger partial charge in [-0.25, -0.2) is 18.7 Å². The van der Waals surface area contributed by atoms with Crippen molar-refractivity contribution in [3.63, 3.8) is 0 Å². The van der Waals surface area contributed by atoms with Crippen molar-refractivity contribution in [1.82, 2.24) is 19.5 Å². The third-order valence-electron chi connectivity index (χ3n) is 7.38. The van der Waals surface area contributed by atoms with E-state index < -0.39 is 17.0 Å². The first-order valence-corrected chi connectivity index (χ1v) is 12.3. The predicted molar refractivity (Wildman–Crippen MR) is 131 cm³/mol. The number of amides is 1. The summed E-state index contributed by atoms with van der Waals surface area (Å²) in [5, 5.41) is 6.18. The van der Waals surface area contributed by atoms with Gasteiger partial charge in [-0.3, -0.25) is 9.36 Å². The minimum Gasteiger partial charge on any atom is -0.369 e. The number of aromatic nitrogens is 4. The Hall–Kier alpha value is -3.01. The molecule has 186 valence electrons. The average Bonchev–Trinajstić information content (AvgIpc) is 3.44. The Kier molecular flexibility index (Phi) is 6.25. The van der Waals surface area contributed by atoms with E-state index in [4.69, 9.17) is 22.3 Å². The molecule has 5 rings (SSSR count). The molecule has 3 aromatic rings. The monoisotopic (exact) mass is 503 g/mol. The molecule has 35 heavy (non-hydrogen) atoms. The van der Waals surface area contributed by atoms with Gasteiger partial charge in [-0.15, -0.1) is 0 Å². The van der Waals surface area contributed by atoms with Crippen molar-refractivity contribution in [2.45, 2.75) is 70.4 Å². The molecule has 2 saturated carbocycles. The van der Waals surface area contributed by atoms with Crippen molar-refractivity contribution in [3.8, 4) is 0 Å². The molecule has 8 nitrogen and oxygen atoms in total. The number of carbonyl (C=O) groups is 1. The summed E-state index contributed by atoms with van der Waals surface area (Å²) < 4.78 is 31.1. The van der Waals surface area contributed by atoms with E-state index in [1.807, 2.05) is 11.5 Å². The van der Waals surface area contributed by atoms with Crippen LogP contribution in [0.3, 0.4) is 0 Å². The van der Waals surface area contributed by atoms with Crippen LogP contribution in [0.1, 0.15) is 64.3 Å². The van der Waals surface area contributed by atoms with Gasteiger partial charge >= 0.3 is 0 Å². The molecule has 2 aliphatic carbocycles. The minimum absolute atomic E-state index is 0.0365. The van der Waals surface area contributed by atoms with Gasteiger partial charge in [-0.05, 0) is 50.7 Å². The molecule has 0 radical (unpaired) electrons. The van der Waals surface area contributed by atoms with Crippen LogP contribution in [0.5, 0.6) is 0 Å². The number of nitrogens with zero attached hydrogens (tertiary/aromatic N) is 4. The van der Waals surface area contributed by atoms with Crippen molar-refractivity contribution in [2.75, 3.05) is 10.6 Å². The standard InChI is InChI=1S/C24H28ClF2N7O/c1-24(21(28)35)8-6-15(7-9-24)34-20-18(12-29-22(33-20)30-14-4-2-3-5-14)31-23(34)32-19-16(26)10-13(25)11-17(19)27/h10-12,14-15H,2-9H2,1H3,(H2,28,35)(H,31,32)(H,29,30,33)/t15-,24-. The van der Waals surface area contributed by atoms with Crippen LogP contribution in [0.15, 0.2) is 18.3 Å². The number of nitrogens with one attached hydrogen (secondary N) is 2. The molecule has 2 fully saturated rings. The summed E-state index contributed by atoms with van der Waals surface area (Å²) in [6, 6.07) is 2.32. The highest BCUT2D eigenvalue weighted by Crippen LogP contribution is 2.43. The largest absolute Gasteiger partial charge is 0.369 e. The Morgan fingerprint density at radius 3 is 2.43 bits per heavy atom. The van der Waals surface area contributed by atoms with Crippen molar-refractivity contribution in [2.24, 2.45) is 11.1 Å². The van der Waals surface area contributed by atoms with Crippen LogP contribution in [-0.4, -0.2) is 31.5 Å². The number of rotatable bonds is 6. The molecule has 11 heteroatoms. The van der Waals surface area contributed by atoms with E-state index in [2.05, 4.69) is 20.6 Å². The molecule has 0 aliphatic heterocycles. The van der Waals surface area contributed by atoms with Gasteiger partial charge in [0.25, 0.3) is 0 Å². The van der Waals surface area contributed by atoms with Gasteiger partial charge in [0.2, 0.25) is 17.8 Å². The van der Waals surface area contributed by atoms with Crippen LogP contribution in [0.2, 0.25) is 5.02 Å². The number of fused-ring (bicyclic) bond motifs is 1. The topological polar surface area (TPSA) is 111 Å². The molecule has 0 saturated heterocycles. The molecular formula is C24H28ClF2N7O. The average molecular weight is 504 g/mol. The van der Waals surface area contributed by atoms with Crippen LogP contribution >= 0.6 is 11.6 Å². The quantitative estimate of drug-likeness (QED) is 0.412. The van der Waals surface area contributed by atoms with E-state index in [0.717, 1.165) is 25.0 Å². The molecule has 2 aliphatic rings. The molecule has 1 amide bonds. The summed E-state index contributed by atoms with van der Waals surface area (Å²) in [6.07, 6.45) is 8.55. The van der Waals surface area contributed by atoms with Crippen molar-refractivity contribution in [1.29, 1.82) is 0 Å². The molecule has 1 aromatic carbocycles. The van der Waals surface area contributed by atoms with Crippen molar-refractivity contribution in [3.05, 3.63) is 35.0 Å². The van der Waals surface area contributed by atoms with Gasteiger partial charge in [0, 0.05) is 22.5 Å². The fourth-order valence-electron chi connectivity index (χ4n) is 5.16. The zero-order valence-corrected chi connectivity index (χ0v) is 20.2. The van der Waals surface area contributed by atoms with Crippen LogP contribution in [0, 0.1) is 17.0 Å². The second-order valence-electron chi connectivity index (χ2n) is 9.86. The Labute approximate surface area is 206 Å². The molecule has 4 N–H and O–H groups in total. The van der Waals surface area contributed by atoms with Crippen LogP contribution in [0.4, 0.5) is 26.4 Å². The van der Waals surface area contributed by atoms with Crippen molar-refractivity contribution >= 4 is 46.3 Å². The highest BCUT2D eigenvalue weighted by molar-refractivity contribution is 6.30. The summed E-state index contributed by atoms with van der Waals surface area (Å²) in [6.45, 7) is 1.88. The lowest BCUT2D eigenvalue weighted by Crippen LogP contribution is -2.38. The first-order valence-electron chi connectivity index (χ1n) is 12.0. The maximum atomic E-state index is 14.6. The number of carbonyl (C=O) groups excluding carboxylic acids is 1. The maximum Gasteiger partial charge on any atom is 0.224 e. The summed E-state index contributed by atoms with van der Waals surface area (Å²) in [7, 11) is 0. The Balaban J connectivity index is 1.54. The van der Waals surface area contributed by atoms with E-state index in [-0.39, 0.29) is 28.6 Å². The first kappa shape index (κ1) is 23.7. The molecule has 0 spiro atoms. The third-order valence-corrected chi connectivity index (χ3v) is 7.60. The lowest BCUT2D eigenvalue weighted by atomic mass is 9.73. The highest BCUT2D eigenvalue weighted by Gasteiger charge is 2.38. The number of anilines is 3. The number of hydrogen-bond donors (Lipinski definition) is 3. The Morgan fingerprint density at radius 2 is 1.80 bits per heavy atom. The van der Waals surface area contributed by atoms with E-state index >= 15 is 0 Å². The van der Waals surface area contributed by atoms with Crippen LogP contribution in [-0.2, 0) is 4.79 Å². The second kappa shape index (κ2) is 9.22. The molecular weight excluding hydrogens is 476 g/mol. The van der Waals surface area contributed by atoms with Gasteiger partial charge in [-0.1, -0.05) is 31.4 Å². The number of primary amides is 1. The molecule has 0 unspecified atom stereocenters. The maximum absolute atomic E-state index is 14.6. The fourth-order valence-corrected chi connectivity index (χ4v) is 5.36. The van der Waals surface area contributed by atoms with Gasteiger partial charge in [0.15, 0.2) is 17.3 Å². The zero-order chi connectivity index (χ0) is 24.7. The number of benzene rings is 1. The summed E-state index contributed by atoms with van der Waals surface area (Å²) in [5.41, 5.74) is 5.77. The minimum atomic E-state index is -0.826. The smallest absolute Gasteiger partial charge is 0.224 e. The van der Waals surface area contributed by atoms with Gasteiger partial charge in [0.1, 0.15) is 11.2 Å². The van der Waals surface area contributed by atoms with Gasteiger partial charge in [0.05, 0.1) is 6.20 Å². The number of halogens is 3. The van der Waals surface area contributed by atoms with Gasteiger partial charge < -0.3 is 16.4 Å². The second-order valence-corrected chi connectivity index (χ2v) is 10.3. The summed E-state index contributed by atoms with van der Waals surface area (Å²) in [5.74, 6) is -1.22. The fraction of sp³-hybridized carbons (Fsp3) is 0.500. The van der Waals surface area contributed by atoms with Crippen LogP contribution in [0.25, 0.3) is 11.2 Å². The summed E-state index contributed by atoms with van der Waals surface area (Å²) >= 11 is 5.79.